The highest BCUT2D eigenvalue weighted by atomic mass is 16.5. The molecule has 50 heavy (non-hydrogen) atoms. The maximum atomic E-state index is 6.95. The zero-order chi connectivity index (χ0) is 32.8. The van der Waals surface area contributed by atoms with Crippen molar-refractivity contribution in [3.05, 3.63) is 163 Å². The minimum absolute atomic E-state index is 0.0336. The Morgan fingerprint density at radius 2 is 1.24 bits per heavy atom. The Hall–Kier alpha value is -6.06. The van der Waals surface area contributed by atoms with Gasteiger partial charge in [-0.2, -0.15) is 0 Å². The molecule has 0 bridgehead atoms. The van der Waals surface area contributed by atoms with Crippen LogP contribution >= 0.6 is 0 Å². The lowest BCUT2D eigenvalue weighted by Crippen LogP contribution is -2.28. The van der Waals surface area contributed by atoms with E-state index >= 15 is 0 Å². The van der Waals surface area contributed by atoms with Crippen molar-refractivity contribution < 1.29 is 9.15 Å². The summed E-state index contributed by atoms with van der Waals surface area (Å²) in [6.45, 7) is 0. The standard InChI is InChI=1S/C47H33NO2/c1-2-13-30(14-3-1)31-23-24-42-36(27-31)33-15-4-7-20-41(33)48(42)32-28-37-34-16-5-8-21-43(34)49-45(37)38(29-32)35-17-12-19-40-46(35)50-44-22-9-6-18-39(44)47(40)25-10-11-26-47/h1-9,12-24,27-29H,10-11,25-26H2. The Morgan fingerprint density at radius 1 is 0.500 bits per heavy atom. The second-order valence-corrected chi connectivity index (χ2v) is 14.0. The third-order valence-electron chi connectivity index (χ3n) is 11.4. The fourth-order valence-electron chi connectivity index (χ4n) is 9.16. The van der Waals surface area contributed by atoms with E-state index in [4.69, 9.17) is 9.15 Å². The van der Waals surface area contributed by atoms with Crippen LogP contribution in [0.1, 0.15) is 36.8 Å². The summed E-state index contributed by atoms with van der Waals surface area (Å²) in [6, 6.07) is 54.7. The maximum absolute atomic E-state index is 6.95. The topological polar surface area (TPSA) is 27.3 Å². The van der Waals surface area contributed by atoms with Crippen molar-refractivity contribution in [1.82, 2.24) is 4.57 Å². The lowest BCUT2D eigenvalue weighted by atomic mass is 9.70. The highest BCUT2D eigenvalue weighted by Crippen LogP contribution is 2.58. The highest BCUT2D eigenvalue weighted by molar-refractivity contribution is 6.13. The van der Waals surface area contributed by atoms with E-state index in [9.17, 15) is 0 Å². The Balaban J connectivity index is 1.21. The second kappa shape index (κ2) is 10.5. The summed E-state index contributed by atoms with van der Waals surface area (Å²) in [5, 5.41) is 4.69. The van der Waals surface area contributed by atoms with Crippen molar-refractivity contribution in [3.63, 3.8) is 0 Å². The number of hydrogen-bond donors (Lipinski definition) is 0. The number of ether oxygens (including phenoxy) is 1. The van der Waals surface area contributed by atoms with E-state index in [1.54, 1.807) is 0 Å². The molecular formula is C47H33NO2. The fourth-order valence-corrected chi connectivity index (χ4v) is 9.16. The normalized spacial score (nSPS) is 14.8. The molecular weight excluding hydrogens is 611 g/mol. The van der Waals surface area contributed by atoms with Crippen molar-refractivity contribution in [1.29, 1.82) is 0 Å². The molecule has 1 fully saturated rings. The molecule has 3 heterocycles. The van der Waals surface area contributed by atoms with Crippen LogP contribution < -0.4 is 4.74 Å². The lowest BCUT2D eigenvalue weighted by Gasteiger charge is -2.38. The molecule has 9 aromatic rings. The maximum Gasteiger partial charge on any atom is 0.143 e. The van der Waals surface area contributed by atoms with Crippen molar-refractivity contribution in [3.8, 4) is 39.4 Å². The molecule has 0 amide bonds. The molecule has 11 rings (SSSR count). The predicted molar refractivity (Wildman–Crippen MR) is 205 cm³/mol. The van der Waals surface area contributed by atoms with E-state index in [2.05, 4.69) is 156 Å². The summed E-state index contributed by atoms with van der Waals surface area (Å²) in [5.41, 5.74) is 12.4. The van der Waals surface area contributed by atoms with Gasteiger partial charge in [0.1, 0.15) is 22.7 Å². The van der Waals surface area contributed by atoms with Crippen molar-refractivity contribution >= 4 is 43.7 Å². The van der Waals surface area contributed by atoms with E-state index in [-0.39, 0.29) is 5.41 Å². The Morgan fingerprint density at radius 3 is 2.14 bits per heavy atom. The zero-order valence-electron chi connectivity index (χ0n) is 27.5. The van der Waals surface area contributed by atoms with Crippen LogP contribution in [0, 0.1) is 0 Å². The van der Waals surface area contributed by atoms with Crippen molar-refractivity contribution in [2.45, 2.75) is 31.1 Å². The van der Waals surface area contributed by atoms with Crippen LogP contribution in [0.5, 0.6) is 11.5 Å². The quantitative estimate of drug-likeness (QED) is 0.192. The molecule has 2 aliphatic rings. The van der Waals surface area contributed by atoms with Gasteiger partial charge < -0.3 is 13.7 Å². The van der Waals surface area contributed by atoms with Crippen LogP contribution in [0.15, 0.2) is 156 Å². The van der Waals surface area contributed by atoms with Gasteiger partial charge in [0.2, 0.25) is 0 Å². The summed E-state index contributed by atoms with van der Waals surface area (Å²) < 4.78 is 16.1. The first kappa shape index (κ1) is 27.8. The van der Waals surface area contributed by atoms with Crippen molar-refractivity contribution in [2.75, 3.05) is 0 Å². The predicted octanol–water partition coefficient (Wildman–Crippen LogP) is 13.0. The number of aromatic nitrogens is 1. The van der Waals surface area contributed by atoms with Crippen LogP contribution in [-0.2, 0) is 5.41 Å². The molecule has 1 aliphatic carbocycles. The molecule has 1 aliphatic heterocycles. The number of furan rings is 1. The number of nitrogens with zero attached hydrogens (tertiary/aromatic N) is 1. The minimum atomic E-state index is -0.0336. The lowest BCUT2D eigenvalue weighted by molar-refractivity contribution is 0.395. The van der Waals surface area contributed by atoms with Gasteiger partial charge in [-0.3, -0.25) is 0 Å². The molecule has 0 atom stereocenters. The molecule has 7 aromatic carbocycles. The number of benzene rings is 7. The number of hydrogen-bond acceptors (Lipinski definition) is 2. The second-order valence-electron chi connectivity index (χ2n) is 14.0. The average Bonchev–Trinajstić information content (AvgIpc) is 3.90. The minimum Gasteiger partial charge on any atom is -0.456 e. The smallest absolute Gasteiger partial charge is 0.143 e. The van der Waals surface area contributed by atoms with Crippen LogP contribution in [0.4, 0.5) is 0 Å². The van der Waals surface area contributed by atoms with Gasteiger partial charge in [-0.05, 0) is 66.4 Å². The first-order chi connectivity index (χ1) is 24.8. The summed E-state index contributed by atoms with van der Waals surface area (Å²) >= 11 is 0. The first-order valence-electron chi connectivity index (χ1n) is 17.7. The molecule has 1 spiro atoms. The van der Waals surface area contributed by atoms with E-state index in [1.165, 1.54) is 56.9 Å². The molecule has 3 nitrogen and oxygen atoms in total. The van der Waals surface area contributed by atoms with Crippen molar-refractivity contribution in [2.24, 2.45) is 0 Å². The Bertz CT molecular complexity index is 2800. The number of para-hydroxylation sites is 4. The third kappa shape index (κ3) is 3.86. The van der Waals surface area contributed by atoms with Gasteiger partial charge in [-0.15, -0.1) is 0 Å². The largest absolute Gasteiger partial charge is 0.456 e. The zero-order valence-corrected chi connectivity index (χ0v) is 27.5. The van der Waals surface area contributed by atoms with E-state index in [0.29, 0.717) is 0 Å². The molecule has 0 N–H and O–H groups in total. The van der Waals surface area contributed by atoms with Crippen LogP contribution in [-0.4, -0.2) is 4.57 Å². The van der Waals surface area contributed by atoms with Crippen LogP contribution in [0.2, 0.25) is 0 Å². The first-order valence-corrected chi connectivity index (χ1v) is 17.7. The third-order valence-corrected chi connectivity index (χ3v) is 11.4. The molecule has 238 valence electrons. The van der Waals surface area contributed by atoms with Gasteiger partial charge >= 0.3 is 0 Å². The Kier molecular flexibility index (Phi) is 5.83. The molecule has 3 heteroatoms. The van der Waals surface area contributed by atoms with Gasteiger partial charge in [0.25, 0.3) is 0 Å². The van der Waals surface area contributed by atoms with Gasteiger partial charge in [0.15, 0.2) is 0 Å². The molecule has 0 saturated heterocycles. The average molecular weight is 644 g/mol. The van der Waals surface area contributed by atoms with E-state index < -0.39 is 0 Å². The molecule has 1 saturated carbocycles. The van der Waals surface area contributed by atoms with Gasteiger partial charge in [-0.25, -0.2) is 0 Å². The summed E-state index contributed by atoms with van der Waals surface area (Å²) in [6.07, 6.45) is 4.72. The van der Waals surface area contributed by atoms with Crippen LogP contribution in [0.25, 0.3) is 71.7 Å². The highest BCUT2D eigenvalue weighted by Gasteiger charge is 2.44. The molecule has 0 radical (unpaired) electrons. The van der Waals surface area contributed by atoms with Gasteiger partial charge in [0.05, 0.1) is 11.0 Å². The summed E-state index contributed by atoms with van der Waals surface area (Å²) in [5.74, 6) is 1.93. The number of rotatable bonds is 3. The summed E-state index contributed by atoms with van der Waals surface area (Å²) in [7, 11) is 0. The fraction of sp³-hybridized carbons (Fsp3) is 0.106. The SMILES string of the molecule is c1ccc(-c2ccc3c(c2)c2ccccc2n3-c2cc(-c3cccc4c3Oc3ccccc3C43CCCC3)c3oc4ccccc4c3c2)cc1. The van der Waals surface area contributed by atoms with Gasteiger partial charge in [-0.1, -0.05) is 122 Å². The van der Waals surface area contributed by atoms with Crippen LogP contribution in [0.3, 0.4) is 0 Å². The molecule has 0 unspecified atom stereocenters. The summed E-state index contributed by atoms with van der Waals surface area (Å²) in [4.78, 5) is 0. The van der Waals surface area contributed by atoms with E-state index in [0.717, 1.165) is 63.1 Å². The van der Waals surface area contributed by atoms with Gasteiger partial charge in [0, 0.05) is 54.9 Å². The Labute approximate surface area is 290 Å². The monoisotopic (exact) mass is 643 g/mol. The number of fused-ring (bicyclic) bond motifs is 10. The van der Waals surface area contributed by atoms with E-state index in [1.807, 2.05) is 0 Å². The molecule has 2 aromatic heterocycles.